The summed E-state index contributed by atoms with van der Waals surface area (Å²) in [4.78, 5) is 25.7. The molecule has 0 fully saturated rings. The van der Waals surface area contributed by atoms with E-state index in [0.29, 0.717) is 39.7 Å². The van der Waals surface area contributed by atoms with E-state index in [1.54, 1.807) is 39.0 Å². The van der Waals surface area contributed by atoms with Gasteiger partial charge in [0.25, 0.3) is 0 Å². The Kier molecular flexibility index (Phi) is 8.08. The van der Waals surface area contributed by atoms with E-state index in [1.165, 1.54) is 0 Å². The lowest BCUT2D eigenvalue weighted by Gasteiger charge is -2.31. The van der Waals surface area contributed by atoms with Crippen LogP contribution in [-0.4, -0.2) is 38.4 Å². The molecule has 0 aliphatic carbocycles. The van der Waals surface area contributed by atoms with Crippen LogP contribution in [0.15, 0.2) is 46.8 Å². The smallest absolute Gasteiger partial charge is 0.336 e. The minimum absolute atomic E-state index is 0.180. The van der Waals surface area contributed by atoms with Gasteiger partial charge in [0.15, 0.2) is 0 Å². The molecule has 28 heavy (non-hydrogen) atoms. The lowest BCUT2D eigenvalue weighted by molar-refractivity contribution is -0.139. The minimum Gasteiger partial charge on any atom is -0.463 e. The second kappa shape index (κ2) is 10.3. The van der Waals surface area contributed by atoms with Crippen LogP contribution < -0.4 is 5.32 Å². The highest BCUT2D eigenvalue weighted by atomic mass is 35.5. The van der Waals surface area contributed by atoms with Crippen molar-refractivity contribution in [1.82, 2.24) is 5.32 Å². The van der Waals surface area contributed by atoms with Gasteiger partial charge in [-0.1, -0.05) is 29.8 Å². The average Bonchev–Trinajstić information content (AvgIpc) is 2.66. The van der Waals surface area contributed by atoms with Crippen molar-refractivity contribution in [1.29, 1.82) is 0 Å². The summed E-state index contributed by atoms with van der Waals surface area (Å²) in [6, 6.07) is 7.12. The standard InChI is InChI=1S/C21H26ClNO5/c1-5-26-12-16-19(21(25)28-7-3)18(14-10-8-9-11-15(14)22)17(13(4)23-16)20(24)27-6-2/h8-11,18,23H,5-7,12H2,1-4H3. The third-order valence-electron chi connectivity index (χ3n) is 4.30. The fourth-order valence-corrected chi connectivity index (χ4v) is 3.41. The first-order valence-electron chi connectivity index (χ1n) is 9.33. The summed E-state index contributed by atoms with van der Waals surface area (Å²) in [7, 11) is 0. The molecular weight excluding hydrogens is 382 g/mol. The third kappa shape index (κ3) is 4.75. The normalized spacial score (nSPS) is 16.7. The van der Waals surface area contributed by atoms with Crippen LogP contribution in [0.1, 0.15) is 39.2 Å². The largest absolute Gasteiger partial charge is 0.463 e. The Morgan fingerprint density at radius 1 is 1.00 bits per heavy atom. The molecule has 0 radical (unpaired) electrons. The van der Waals surface area contributed by atoms with E-state index in [0.717, 1.165) is 0 Å². The van der Waals surface area contributed by atoms with E-state index >= 15 is 0 Å². The molecule has 6 nitrogen and oxygen atoms in total. The highest BCUT2D eigenvalue weighted by molar-refractivity contribution is 6.31. The Labute approximate surface area is 170 Å². The molecule has 1 heterocycles. The molecule has 1 aromatic carbocycles. The molecule has 1 aromatic rings. The molecule has 1 N–H and O–H groups in total. The highest BCUT2D eigenvalue weighted by Gasteiger charge is 2.39. The Hall–Kier alpha value is -2.31. The molecule has 1 aliphatic heterocycles. The van der Waals surface area contributed by atoms with Gasteiger partial charge in [0.1, 0.15) is 0 Å². The first-order chi connectivity index (χ1) is 13.5. The Morgan fingerprint density at radius 3 is 2.18 bits per heavy atom. The molecule has 2 rings (SSSR count). The molecule has 1 unspecified atom stereocenters. The van der Waals surface area contributed by atoms with Crippen LogP contribution in [-0.2, 0) is 23.8 Å². The number of allylic oxidation sites excluding steroid dienone is 1. The van der Waals surface area contributed by atoms with Crippen molar-refractivity contribution in [2.24, 2.45) is 0 Å². The number of esters is 2. The fraction of sp³-hybridized carbons (Fsp3) is 0.429. The van der Waals surface area contributed by atoms with Crippen molar-refractivity contribution in [2.75, 3.05) is 26.4 Å². The third-order valence-corrected chi connectivity index (χ3v) is 4.65. The van der Waals surface area contributed by atoms with Crippen molar-refractivity contribution >= 4 is 23.5 Å². The van der Waals surface area contributed by atoms with E-state index < -0.39 is 17.9 Å². The van der Waals surface area contributed by atoms with Crippen LogP contribution in [0.3, 0.4) is 0 Å². The lowest BCUT2D eigenvalue weighted by atomic mass is 9.80. The molecule has 1 aliphatic rings. The topological polar surface area (TPSA) is 73.9 Å². The molecule has 0 aromatic heterocycles. The fourth-order valence-electron chi connectivity index (χ4n) is 3.16. The number of hydrogen-bond acceptors (Lipinski definition) is 6. The van der Waals surface area contributed by atoms with Crippen molar-refractivity contribution in [3.63, 3.8) is 0 Å². The van der Waals surface area contributed by atoms with Gasteiger partial charge in [0.05, 0.1) is 42.6 Å². The predicted octanol–water partition coefficient (Wildman–Crippen LogP) is 3.72. The number of nitrogens with one attached hydrogen (secondary N) is 1. The zero-order chi connectivity index (χ0) is 20.7. The van der Waals surface area contributed by atoms with Crippen molar-refractivity contribution in [3.05, 3.63) is 57.4 Å². The summed E-state index contributed by atoms with van der Waals surface area (Å²) in [6.45, 7) is 8.18. The van der Waals surface area contributed by atoms with E-state index in [1.807, 2.05) is 13.0 Å². The zero-order valence-electron chi connectivity index (χ0n) is 16.6. The summed E-state index contributed by atoms with van der Waals surface area (Å²) in [5.74, 6) is -1.75. The summed E-state index contributed by atoms with van der Waals surface area (Å²) in [6.07, 6.45) is 0. The Morgan fingerprint density at radius 2 is 1.61 bits per heavy atom. The van der Waals surface area contributed by atoms with Gasteiger partial charge in [-0.2, -0.15) is 0 Å². The van der Waals surface area contributed by atoms with E-state index in [-0.39, 0.29) is 19.8 Å². The molecule has 0 amide bonds. The summed E-state index contributed by atoms with van der Waals surface area (Å²) in [5, 5.41) is 3.58. The van der Waals surface area contributed by atoms with E-state index in [4.69, 9.17) is 25.8 Å². The summed E-state index contributed by atoms with van der Waals surface area (Å²) < 4.78 is 16.1. The quantitative estimate of drug-likeness (QED) is 0.662. The second-order valence-electron chi connectivity index (χ2n) is 6.09. The SMILES string of the molecule is CCOCC1=C(C(=O)OCC)C(c2ccccc2Cl)C(C(=O)OCC)=C(C)N1. The van der Waals surface area contributed by atoms with Crippen molar-refractivity contribution in [3.8, 4) is 0 Å². The van der Waals surface area contributed by atoms with Crippen LogP contribution >= 0.6 is 11.6 Å². The first-order valence-corrected chi connectivity index (χ1v) is 9.71. The van der Waals surface area contributed by atoms with Gasteiger partial charge in [-0.15, -0.1) is 0 Å². The second-order valence-corrected chi connectivity index (χ2v) is 6.50. The number of carbonyl (C=O) groups is 2. The number of rotatable bonds is 8. The van der Waals surface area contributed by atoms with Crippen LogP contribution in [0, 0.1) is 0 Å². The highest BCUT2D eigenvalue weighted by Crippen LogP contribution is 2.41. The van der Waals surface area contributed by atoms with Gasteiger partial charge in [-0.05, 0) is 39.3 Å². The number of carbonyl (C=O) groups excluding carboxylic acids is 2. The first kappa shape index (κ1) is 22.0. The van der Waals surface area contributed by atoms with Gasteiger partial charge in [-0.25, -0.2) is 9.59 Å². The number of halogens is 1. The molecule has 0 saturated heterocycles. The number of hydrogen-bond donors (Lipinski definition) is 1. The van der Waals surface area contributed by atoms with Crippen LogP contribution in [0.4, 0.5) is 0 Å². The molecule has 7 heteroatoms. The summed E-state index contributed by atoms with van der Waals surface area (Å²) in [5.41, 5.74) is 2.40. The minimum atomic E-state index is -0.719. The van der Waals surface area contributed by atoms with Gasteiger partial charge in [0, 0.05) is 17.3 Å². The Bertz CT molecular complexity index is 800. The summed E-state index contributed by atoms with van der Waals surface area (Å²) >= 11 is 6.45. The zero-order valence-corrected chi connectivity index (χ0v) is 17.4. The van der Waals surface area contributed by atoms with Gasteiger partial charge >= 0.3 is 11.9 Å². The van der Waals surface area contributed by atoms with Gasteiger partial charge in [0.2, 0.25) is 0 Å². The molecule has 0 spiro atoms. The number of dihydropyridines is 1. The molecule has 0 bridgehead atoms. The number of ether oxygens (including phenoxy) is 3. The van der Waals surface area contributed by atoms with Crippen LogP contribution in [0.2, 0.25) is 5.02 Å². The maximum absolute atomic E-state index is 12.9. The molecule has 0 saturated carbocycles. The van der Waals surface area contributed by atoms with E-state index in [2.05, 4.69) is 5.32 Å². The number of benzene rings is 1. The van der Waals surface area contributed by atoms with Crippen LogP contribution in [0.5, 0.6) is 0 Å². The average molecular weight is 408 g/mol. The van der Waals surface area contributed by atoms with Gasteiger partial charge < -0.3 is 19.5 Å². The maximum atomic E-state index is 12.9. The molecule has 1 atom stereocenters. The maximum Gasteiger partial charge on any atom is 0.336 e. The predicted molar refractivity (Wildman–Crippen MR) is 107 cm³/mol. The van der Waals surface area contributed by atoms with Crippen molar-refractivity contribution < 1.29 is 23.8 Å². The van der Waals surface area contributed by atoms with E-state index in [9.17, 15) is 9.59 Å². The monoisotopic (exact) mass is 407 g/mol. The van der Waals surface area contributed by atoms with Gasteiger partial charge in [-0.3, -0.25) is 0 Å². The van der Waals surface area contributed by atoms with Crippen molar-refractivity contribution in [2.45, 2.75) is 33.6 Å². The Balaban J connectivity index is 2.70. The lowest BCUT2D eigenvalue weighted by Crippen LogP contribution is -2.35. The molecule has 152 valence electrons. The van der Waals surface area contributed by atoms with Crippen LogP contribution in [0.25, 0.3) is 0 Å². The molecular formula is C21H26ClNO5.